The second-order valence-corrected chi connectivity index (χ2v) is 3.16. The molecule has 3 N–H and O–H groups in total. The van der Waals surface area contributed by atoms with Crippen LogP contribution in [0.4, 0.5) is 5.69 Å². The molecule has 13 heavy (non-hydrogen) atoms. The number of aryl methyl sites for hydroxylation is 1. The molecule has 0 aromatic heterocycles. The number of hydrazine groups is 1. The van der Waals surface area contributed by atoms with E-state index in [2.05, 4.69) is 36.6 Å². The second-order valence-electron chi connectivity index (χ2n) is 3.16. The predicted molar refractivity (Wildman–Crippen MR) is 56.5 cm³/mol. The van der Waals surface area contributed by atoms with Crippen LogP contribution in [-0.2, 0) is 0 Å². The van der Waals surface area contributed by atoms with Crippen LogP contribution in [0.5, 0.6) is 0 Å². The van der Waals surface area contributed by atoms with E-state index in [4.69, 9.17) is 5.84 Å². The third-order valence-corrected chi connectivity index (χ3v) is 2.27. The number of anilines is 1. The first-order valence-electron chi connectivity index (χ1n) is 4.27. The van der Waals surface area contributed by atoms with Gasteiger partial charge in [0.2, 0.25) is 0 Å². The minimum Gasteiger partial charge on any atom is -0.324 e. The number of benzene rings is 2. The fourth-order valence-corrected chi connectivity index (χ4v) is 1.54. The lowest BCUT2D eigenvalue weighted by molar-refractivity contribution is 1.36. The molecule has 0 heterocycles. The van der Waals surface area contributed by atoms with Crippen molar-refractivity contribution >= 4 is 16.5 Å². The van der Waals surface area contributed by atoms with E-state index in [0.29, 0.717) is 0 Å². The van der Waals surface area contributed by atoms with Crippen molar-refractivity contribution in [2.24, 2.45) is 5.84 Å². The van der Waals surface area contributed by atoms with Crippen molar-refractivity contribution < 1.29 is 0 Å². The van der Waals surface area contributed by atoms with Gasteiger partial charge in [-0.25, -0.2) is 0 Å². The minimum absolute atomic E-state index is 0.943. The summed E-state index contributed by atoms with van der Waals surface area (Å²) in [6, 6.07) is 12.4. The summed E-state index contributed by atoms with van der Waals surface area (Å²) in [6.45, 7) is 2.11. The van der Waals surface area contributed by atoms with E-state index in [9.17, 15) is 0 Å². The number of nitrogen functional groups attached to an aromatic ring is 1. The molecule has 2 nitrogen and oxygen atoms in total. The summed E-state index contributed by atoms with van der Waals surface area (Å²) < 4.78 is 0. The molecular weight excluding hydrogens is 160 g/mol. The lowest BCUT2D eigenvalue weighted by Crippen LogP contribution is -2.06. The van der Waals surface area contributed by atoms with E-state index in [-0.39, 0.29) is 0 Å². The molecule has 0 saturated carbocycles. The van der Waals surface area contributed by atoms with Gasteiger partial charge in [0.05, 0.1) is 0 Å². The van der Waals surface area contributed by atoms with Gasteiger partial charge in [-0.05, 0) is 35.4 Å². The number of hydrogen-bond donors (Lipinski definition) is 2. The van der Waals surface area contributed by atoms with Gasteiger partial charge in [0.25, 0.3) is 0 Å². The third kappa shape index (κ3) is 1.36. The summed E-state index contributed by atoms with van der Waals surface area (Å²) in [4.78, 5) is 0. The van der Waals surface area contributed by atoms with Gasteiger partial charge in [-0.15, -0.1) is 0 Å². The van der Waals surface area contributed by atoms with Gasteiger partial charge in [0.15, 0.2) is 0 Å². The van der Waals surface area contributed by atoms with Gasteiger partial charge in [-0.3, -0.25) is 5.84 Å². The molecule has 0 aliphatic rings. The summed E-state index contributed by atoms with van der Waals surface area (Å²) in [6.07, 6.45) is 0. The Balaban J connectivity index is 2.72. The summed E-state index contributed by atoms with van der Waals surface area (Å²) in [5.41, 5.74) is 4.87. The maximum atomic E-state index is 5.33. The average Bonchev–Trinajstić information content (AvgIpc) is 2.18. The van der Waals surface area contributed by atoms with Crippen LogP contribution >= 0.6 is 0 Å². The van der Waals surface area contributed by atoms with E-state index in [1.54, 1.807) is 0 Å². The lowest BCUT2D eigenvalue weighted by Gasteiger charge is -2.04. The third-order valence-electron chi connectivity index (χ3n) is 2.27. The summed E-state index contributed by atoms with van der Waals surface area (Å²) in [5, 5.41) is 2.50. The first kappa shape index (κ1) is 8.08. The molecule has 2 aromatic carbocycles. The molecule has 0 spiro atoms. The molecule has 2 aromatic rings. The first-order valence-corrected chi connectivity index (χ1v) is 4.27. The first-order chi connectivity index (χ1) is 6.31. The van der Waals surface area contributed by atoms with Crippen molar-refractivity contribution in [3.63, 3.8) is 0 Å². The highest BCUT2D eigenvalue weighted by molar-refractivity contribution is 5.88. The molecule has 2 rings (SSSR count). The summed E-state index contributed by atoms with van der Waals surface area (Å²) in [7, 11) is 0. The number of hydrogen-bond acceptors (Lipinski definition) is 2. The van der Waals surface area contributed by atoms with Gasteiger partial charge in [-0.1, -0.05) is 24.3 Å². The Labute approximate surface area is 77.3 Å². The minimum atomic E-state index is 0.943. The molecule has 0 atom stereocenters. The van der Waals surface area contributed by atoms with Crippen molar-refractivity contribution in [2.75, 3.05) is 5.43 Å². The van der Waals surface area contributed by atoms with Crippen LogP contribution in [0.3, 0.4) is 0 Å². The van der Waals surface area contributed by atoms with Crippen molar-refractivity contribution in [1.29, 1.82) is 0 Å². The largest absolute Gasteiger partial charge is 0.324 e. The zero-order valence-electron chi connectivity index (χ0n) is 7.54. The van der Waals surface area contributed by atoms with E-state index in [1.165, 1.54) is 16.3 Å². The van der Waals surface area contributed by atoms with Gasteiger partial charge in [0, 0.05) is 5.69 Å². The van der Waals surface area contributed by atoms with Crippen LogP contribution in [0, 0.1) is 6.92 Å². The molecule has 0 saturated heterocycles. The molecule has 66 valence electrons. The van der Waals surface area contributed by atoms with Gasteiger partial charge >= 0.3 is 0 Å². The number of fused-ring (bicyclic) bond motifs is 1. The zero-order chi connectivity index (χ0) is 9.26. The highest BCUT2D eigenvalue weighted by Gasteiger charge is 1.96. The Morgan fingerprint density at radius 2 is 2.00 bits per heavy atom. The van der Waals surface area contributed by atoms with Crippen molar-refractivity contribution in [2.45, 2.75) is 6.92 Å². The molecule has 0 fully saturated rings. The van der Waals surface area contributed by atoms with Crippen LogP contribution in [-0.4, -0.2) is 0 Å². The Morgan fingerprint density at radius 1 is 1.15 bits per heavy atom. The number of nitrogens with two attached hydrogens (primary N) is 1. The van der Waals surface area contributed by atoms with E-state index >= 15 is 0 Å². The van der Waals surface area contributed by atoms with Crippen LogP contribution in [0.1, 0.15) is 5.56 Å². The SMILES string of the molecule is Cc1cccc2cc(NN)ccc12. The highest BCUT2D eigenvalue weighted by Crippen LogP contribution is 2.21. The van der Waals surface area contributed by atoms with Crippen LogP contribution in [0.25, 0.3) is 10.8 Å². The maximum absolute atomic E-state index is 5.33. The normalized spacial score (nSPS) is 10.3. The standard InChI is InChI=1S/C11H12N2/c1-8-3-2-4-9-7-10(13-12)5-6-11(8)9/h2-7,13H,12H2,1H3. The van der Waals surface area contributed by atoms with Gasteiger partial charge in [-0.2, -0.15) is 0 Å². The fraction of sp³-hybridized carbons (Fsp3) is 0.0909. The predicted octanol–water partition coefficient (Wildman–Crippen LogP) is 2.43. The number of rotatable bonds is 1. The molecule has 0 bridgehead atoms. The van der Waals surface area contributed by atoms with Gasteiger partial charge in [0.1, 0.15) is 0 Å². The monoisotopic (exact) mass is 172 g/mol. The Hall–Kier alpha value is -1.54. The van der Waals surface area contributed by atoms with Crippen LogP contribution in [0.15, 0.2) is 36.4 Å². The van der Waals surface area contributed by atoms with Crippen molar-refractivity contribution in [3.05, 3.63) is 42.0 Å². The number of nitrogens with one attached hydrogen (secondary N) is 1. The second kappa shape index (κ2) is 3.07. The molecule has 0 aliphatic carbocycles. The quantitative estimate of drug-likeness (QED) is 0.512. The van der Waals surface area contributed by atoms with E-state index in [0.717, 1.165) is 5.69 Å². The van der Waals surface area contributed by atoms with E-state index in [1.807, 2.05) is 12.1 Å². The van der Waals surface area contributed by atoms with Crippen LogP contribution < -0.4 is 11.3 Å². The fourth-order valence-electron chi connectivity index (χ4n) is 1.54. The Kier molecular flexibility index (Phi) is 1.91. The van der Waals surface area contributed by atoms with Crippen molar-refractivity contribution in [1.82, 2.24) is 0 Å². The molecular formula is C11H12N2. The van der Waals surface area contributed by atoms with E-state index < -0.39 is 0 Å². The molecule has 0 unspecified atom stereocenters. The summed E-state index contributed by atoms with van der Waals surface area (Å²) >= 11 is 0. The molecule has 0 radical (unpaired) electrons. The maximum Gasteiger partial charge on any atom is 0.0491 e. The topological polar surface area (TPSA) is 38.0 Å². The Morgan fingerprint density at radius 3 is 2.77 bits per heavy atom. The summed E-state index contributed by atoms with van der Waals surface area (Å²) in [5.74, 6) is 5.33. The highest BCUT2D eigenvalue weighted by atomic mass is 15.2. The Bertz CT molecular complexity index is 435. The van der Waals surface area contributed by atoms with Crippen LogP contribution in [0.2, 0.25) is 0 Å². The molecule has 2 heteroatoms. The zero-order valence-corrected chi connectivity index (χ0v) is 7.54. The molecule has 0 amide bonds. The lowest BCUT2D eigenvalue weighted by atomic mass is 10.1. The van der Waals surface area contributed by atoms with Gasteiger partial charge < -0.3 is 5.43 Å². The smallest absolute Gasteiger partial charge is 0.0491 e. The average molecular weight is 172 g/mol. The molecule has 0 aliphatic heterocycles. The van der Waals surface area contributed by atoms with Crippen molar-refractivity contribution in [3.8, 4) is 0 Å².